The van der Waals surface area contributed by atoms with E-state index >= 15 is 0 Å². The third-order valence-corrected chi connectivity index (χ3v) is 5.41. The van der Waals surface area contributed by atoms with Crippen LogP contribution >= 0.6 is 54.8 Å². The van der Waals surface area contributed by atoms with Crippen molar-refractivity contribution >= 4 is 54.8 Å². The summed E-state index contributed by atoms with van der Waals surface area (Å²) in [7, 11) is 0. The molecule has 0 spiro atoms. The van der Waals surface area contributed by atoms with Crippen molar-refractivity contribution in [1.82, 2.24) is 0 Å². The molecule has 1 aromatic carbocycles. The Hall–Kier alpha value is 0.1000. The summed E-state index contributed by atoms with van der Waals surface area (Å²) >= 11 is 14.7. The number of rotatable bonds is 2. The molecule has 0 bridgehead atoms. The molecule has 1 heterocycles. The lowest BCUT2D eigenvalue weighted by atomic mass is 10.1. The van der Waals surface area contributed by atoms with Crippen molar-refractivity contribution in [1.29, 1.82) is 0 Å². The molecule has 0 aliphatic rings. The van der Waals surface area contributed by atoms with Gasteiger partial charge in [0.15, 0.2) is 0 Å². The lowest BCUT2D eigenvalue weighted by molar-refractivity contribution is 0.626. The van der Waals surface area contributed by atoms with E-state index in [0.717, 1.165) is 14.9 Å². The zero-order valence-electron chi connectivity index (χ0n) is 8.81. The van der Waals surface area contributed by atoms with Crippen LogP contribution in [0, 0.1) is 12.7 Å². The van der Waals surface area contributed by atoms with E-state index in [-0.39, 0.29) is 15.7 Å². The topological polar surface area (TPSA) is 0 Å². The first-order chi connectivity index (χ1) is 8.00. The minimum atomic E-state index is -0.388. The van der Waals surface area contributed by atoms with Gasteiger partial charge in [-0.1, -0.05) is 39.7 Å². The van der Waals surface area contributed by atoms with Gasteiger partial charge in [-0.3, -0.25) is 0 Å². The van der Waals surface area contributed by atoms with Crippen molar-refractivity contribution in [2.45, 2.75) is 11.8 Å². The van der Waals surface area contributed by atoms with Crippen molar-refractivity contribution in [2.75, 3.05) is 0 Å². The Morgan fingerprint density at radius 3 is 2.65 bits per heavy atom. The maximum Gasteiger partial charge on any atom is 0.142 e. The molecule has 0 amide bonds. The van der Waals surface area contributed by atoms with Gasteiger partial charge in [0.05, 0.1) is 13.6 Å². The van der Waals surface area contributed by atoms with Gasteiger partial charge in [0.1, 0.15) is 5.82 Å². The fourth-order valence-corrected chi connectivity index (χ4v) is 4.72. The minimum Gasteiger partial charge on any atom is -0.205 e. The van der Waals surface area contributed by atoms with Gasteiger partial charge in [-0.2, -0.15) is 0 Å². The van der Waals surface area contributed by atoms with Crippen LogP contribution in [0.5, 0.6) is 0 Å². The molecule has 2 rings (SSSR count). The molecular formula is C12H8Br2ClFS. The van der Waals surface area contributed by atoms with Crippen molar-refractivity contribution in [3.8, 4) is 0 Å². The standard InChI is InChI=1S/C12H8Br2ClFS/c1-6-8(5-10(13)17-6)11(14)7-3-2-4-9(16)12(7)15/h2-5,11H,1H3. The van der Waals surface area contributed by atoms with Gasteiger partial charge in [0.2, 0.25) is 0 Å². The van der Waals surface area contributed by atoms with Gasteiger partial charge in [0.25, 0.3) is 0 Å². The highest BCUT2D eigenvalue weighted by Crippen LogP contribution is 2.41. The number of aryl methyl sites for hydroxylation is 1. The van der Waals surface area contributed by atoms with Gasteiger partial charge >= 0.3 is 0 Å². The second-order valence-electron chi connectivity index (χ2n) is 3.57. The lowest BCUT2D eigenvalue weighted by Crippen LogP contribution is -1.95. The molecule has 0 saturated carbocycles. The van der Waals surface area contributed by atoms with Crippen LogP contribution in [0.1, 0.15) is 20.8 Å². The van der Waals surface area contributed by atoms with E-state index in [4.69, 9.17) is 11.6 Å². The Labute approximate surface area is 125 Å². The summed E-state index contributed by atoms with van der Waals surface area (Å²) in [5, 5.41) is 0.177. The van der Waals surface area contributed by atoms with Crippen LogP contribution in [0.4, 0.5) is 4.39 Å². The van der Waals surface area contributed by atoms with E-state index in [1.807, 2.05) is 19.1 Å². The first kappa shape index (κ1) is 13.5. The average Bonchev–Trinajstić information content (AvgIpc) is 2.61. The zero-order valence-corrected chi connectivity index (χ0v) is 13.6. The van der Waals surface area contributed by atoms with E-state index < -0.39 is 0 Å². The molecule has 5 heteroatoms. The van der Waals surface area contributed by atoms with Crippen molar-refractivity contribution in [3.05, 3.63) is 54.9 Å². The number of thiophene rings is 1. The Morgan fingerprint density at radius 1 is 1.35 bits per heavy atom. The van der Waals surface area contributed by atoms with Crippen molar-refractivity contribution in [2.24, 2.45) is 0 Å². The van der Waals surface area contributed by atoms with Crippen LogP contribution in [0.3, 0.4) is 0 Å². The summed E-state index contributed by atoms with van der Waals surface area (Å²) in [6.45, 7) is 2.03. The summed E-state index contributed by atoms with van der Waals surface area (Å²) in [6.07, 6.45) is 0. The summed E-state index contributed by atoms with van der Waals surface area (Å²) < 4.78 is 14.5. The SMILES string of the molecule is Cc1sc(Br)cc1C(Br)c1cccc(F)c1Cl. The van der Waals surface area contributed by atoms with Gasteiger partial charge in [-0.15, -0.1) is 11.3 Å². The maximum atomic E-state index is 13.4. The van der Waals surface area contributed by atoms with Crippen molar-refractivity contribution in [3.63, 3.8) is 0 Å². The van der Waals surface area contributed by atoms with Crippen LogP contribution in [-0.4, -0.2) is 0 Å². The van der Waals surface area contributed by atoms with E-state index in [0.29, 0.717) is 0 Å². The normalized spacial score (nSPS) is 12.8. The maximum absolute atomic E-state index is 13.4. The van der Waals surface area contributed by atoms with E-state index in [1.54, 1.807) is 17.4 Å². The molecule has 90 valence electrons. The molecule has 0 nitrogen and oxygen atoms in total. The van der Waals surface area contributed by atoms with Gasteiger partial charge in [-0.25, -0.2) is 4.39 Å². The molecule has 0 aliphatic carbocycles. The van der Waals surface area contributed by atoms with E-state index in [2.05, 4.69) is 31.9 Å². The van der Waals surface area contributed by atoms with Gasteiger partial charge in [-0.05, 0) is 46.1 Å². The second-order valence-corrected chi connectivity index (χ2v) is 7.50. The molecule has 0 N–H and O–H groups in total. The molecule has 0 saturated heterocycles. The van der Waals surface area contributed by atoms with Crippen LogP contribution < -0.4 is 0 Å². The fourth-order valence-electron chi connectivity index (χ4n) is 1.59. The molecule has 1 unspecified atom stereocenters. The van der Waals surface area contributed by atoms with Crippen molar-refractivity contribution < 1.29 is 4.39 Å². The number of hydrogen-bond donors (Lipinski definition) is 0. The molecular weight excluding hydrogens is 390 g/mol. The van der Waals surface area contributed by atoms with Gasteiger partial charge in [0, 0.05) is 4.88 Å². The largest absolute Gasteiger partial charge is 0.205 e. The zero-order chi connectivity index (χ0) is 12.6. The van der Waals surface area contributed by atoms with E-state index in [1.165, 1.54) is 10.9 Å². The number of alkyl halides is 1. The molecule has 0 aliphatic heterocycles. The molecule has 1 atom stereocenters. The third kappa shape index (κ3) is 2.75. The number of halogens is 4. The summed E-state index contributed by atoms with van der Waals surface area (Å²) in [5.74, 6) is -0.388. The summed E-state index contributed by atoms with van der Waals surface area (Å²) in [6, 6.07) is 6.89. The predicted molar refractivity (Wildman–Crippen MR) is 78.9 cm³/mol. The van der Waals surface area contributed by atoms with Gasteiger partial charge < -0.3 is 0 Å². The Morgan fingerprint density at radius 2 is 2.06 bits per heavy atom. The van der Waals surface area contributed by atoms with E-state index in [9.17, 15) is 4.39 Å². The first-order valence-electron chi connectivity index (χ1n) is 4.84. The lowest BCUT2D eigenvalue weighted by Gasteiger charge is -2.12. The fraction of sp³-hybridized carbons (Fsp3) is 0.167. The van der Waals surface area contributed by atoms with Crippen LogP contribution in [0.15, 0.2) is 28.1 Å². The monoisotopic (exact) mass is 396 g/mol. The first-order valence-corrected chi connectivity index (χ1v) is 7.75. The van der Waals surface area contributed by atoms with Crippen LogP contribution in [0.2, 0.25) is 5.02 Å². The predicted octanol–water partition coefficient (Wildman–Crippen LogP) is 6.10. The quantitative estimate of drug-likeness (QED) is 0.537. The Balaban J connectivity index is 2.47. The highest BCUT2D eigenvalue weighted by atomic mass is 79.9. The van der Waals surface area contributed by atoms with Crippen LogP contribution in [0.25, 0.3) is 0 Å². The minimum absolute atomic E-state index is 0.0896. The highest BCUT2D eigenvalue weighted by Gasteiger charge is 2.19. The Bertz CT molecular complexity index is 553. The number of hydrogen-bond acceptors (Lipinski definition) is 1. The highest BCUT2D eigenvalue weighted by molar-refractivity contribution is 9.11. The average molecular weight is 399 g/mol. The van der Waals surface area contributed by atoms with Crippen LogP contribution in [-0.2, 0) is 0 Å². The molecule has 1 aromatic heterocycles. The number of benzene rings is 1. The molecule has 0 radical (unpaired) electrons. The summed E-state index contributed by atoms with van der Waals surface area (Å²) in [4.78, 5) is 1.09. The third-order valence-electron chi connectivity index (χ3n) is 2.45. The Kier molecular flexibility index (Phi) is 4.29. The molecule has 0 fully saturated rings. The smallest absolute Gasteiger partial charge is 0.142 e. The summed E-state index contributed by atoms with van der Waals surface area (Å²) in [5.41, 5.74) is 1.86. The molecule has 17 heavy (non-hydrogen) atoms. The molecule has 2 aromatic rings. The second kappa shape index (κ2) is 5.39.